The fraction of sp³-hybridized carbons (Fsp3) is 0.176. The van der Waals surface area contributed by atoms with Gasteiger partial charge in [-0.05, 0) is 17.9 Å². The van der Waals surface area contributed by atoms with Crippen LogP contribution in [0.1, 0.15) is 9.88 Å². The Morgan fingerprint density at radius 1 is 1.04 bits per heavy atom. The molecule has 0 aliphatic rings. The molecule has 0 radical (unpaired) electrons. The van der Waals surface area contributed by atoms with E-state index in [0.29, 0.717) is 13.1 Å². The van der Waals surface area contributed by atoms with Crippen LogP contribution in [0.15, 0.2) is 53.2 Å². The third kappa shape index (κ3) is 4.64. The molecule has 23 heavy (non-hydrogen) atoms. The topological polar surface area (TPSA) is 54.0 Å². The minimum absolute atomic E-state index is 0.155. The van der Waals surface area contributed by atoms with Gasteiger partial charge in [-0.3, -0.25) is 0 Å². The molecule has 0 fully saturated rings. The maximum Gasteiger partial charge on any atom is 0.315 e. The van der Waals surface area contributed by atoms with Gasteiger partial charge >= 0.3 is 6.03 Å². The zero-order chi connectivity index (χ0) is 15.9. The molecule has 0 aliphatic heterocycles. The average Bonchev–Trinajstić information content (AvgIpc) is 3.25. The lowest BCUT2D eigenvalue weighted by molar-refractivity contribution is 0.240. The number of urea groups is 1. The van der Waals surface area contributed by atoms with Crippen molar-refractivity contribution in [2.75, 3.05) is 6.54 Å². The van der Waals surface area contributed by atoms with E-state index in [2.05, 4.69) is 21.7 Å². The Morgan fingerprint density at radius 3 is 2.70 bits per heavy atom. The molecule has 118 valence electrons. The van der Waals surface area contributed by atoms with Gasteiger partial charge in [0.25, 0.3) is 0 Å². The molecule has 0 spiro atoms. The van der Waals surface area contributed by atoms with E-state index in [1.807, 2.05) is 47.2 Å². The zero-order valence-corrected chi connectivity index (χ0v) is 14.1. The minimum Gasteiger partial charge on any atom is -0.338 e. The largest absolute Gasteiger partial charge is 0.338 e. The monoisotopic (exact) mass is 343 g/mol. The van der Waals surface area contributed by atoms with Crippen molar-refractivity contribution >= 4 is 28.7 Å². The number of hydrogen-bond acceptors (Lipinski definition) is 4. The summed E-state index contributed by atoms with van der Waals surface area (Å²) in [4.78, 5) is 17.6. The molecule has 0 saturated carbocycles. The first-order valence-electron chi connectivity index (χ1n) is 7.35. The van der Waals surface area contributed by atoms with Crippen molar-refractivity contribution in [3.8, 4) is 11.3 Å². The van der Waals surface area contributed by atoms with Crippen molar-refractivity contribution in [1.29, 1.82) is 0 Å². The number of carbonyl (C=O) groups excluding carboxylic acids is 1. The summed E-state index contributed by atoms with van der Waals surface area (Å²) < 4.78 is 0. The van der Waals surface area contributed by atoms with Gasteiger partial charge in [0.2, 0.25) is 0 Å². The molecule has 2 N–H and O–H groups in total. The van der Waals surface area contributed by atoms with Crippen LogP contribution in [-0.2, 0) is 13.0 Å². The number of thiophene rings is 1. The van der Waals surface area contributed by atoms with Crippen molar-refractivity contribution in [2.45, 2.75) is 13.0 Å². The SMILES string of the molecule is O=C(NCCc1cccs1)NCc1nc(-c2ccccc2)cs1. The molecule has 4 nitrogen and oxygen atoms in total. The molecule has 3 aromatic rings. The van der Waals surface area contributed by atoms with Crippen molar-refractivity contribution in [2.24, 2.45) is 0 Å². The predicted octanol–water partition coefficient (Wildman–Crippen LogP) is 3.91. The van der Waals surface area contributed by atoms with E-state index in [1.165, 1.54) is 4.88 Å². The maximum absolute atomic E-state index is 11.8. The second-order valence-electron chi connectivity index (χ2n) is 4.93. The van der Waals surface area contributed by atoms with E-state index in [9.17, 15) is 4.79 Å². The second kappa shape index (κ2) is 7.89. The van der Waals surface area contributed by atoms with Gasteiger partial charge in [0.1, 0.15) is 5.01 Å². The van der Waals surface area contributed by atoms with Gasteiger partial charge in [-0.25, -0.2) is 9.78 Å². The van der Waals surface area contributed by atoms with Crippen molar-refractivity contribution in [3.63, 3.8) is 0 Å². The third-order valence-corrected chi connectivity index (χ3v) is 5.04. The van der Waals surface area contributed by atoms with Gasteiger partial charge in [0, 0.05) is 22.4 Å². The van der Waals surface area contributed by atoms with Crippen LogP contribution < -0.4 is 10.6 Å². The Kier molecular flexibility index (Phi) is 5.39. The number of hydrogen-bond donors (Lipinski definition) is 2. The van der Waals surface area contributed by atoms with Gasteiger partial charge in [0.05, 0.1) is 12.2 Å². The number of amides is 2. The highest BCUT2D eigenvalue weighted by Crippen LogP contribution is 2.21. The first-order chi connectivity index (χ1) is 11.3. The van der Waals surface area contributed by atoms with Crippen LogP contribution in [0.3, 0.4) is 0 Å². The van der Waals surface area contributed by atoms with Gasteiger partial charge in [-0.15, -0.1) is 22.7 Å². The molecule has 0 unspecified atom stereocenters. The summed E-state index contributed by atoms with van der Waals surface area (Å²) in [6, 6.07) is 14.0. The highest BCUT2D eigenvalue weighted by molar-refractivity contribution is 7.10. The first-order valence-corrected chi connectivity index (χ1v) is 9.11. The summed E-state index contributed by atoms with van der Waals surface area (Å²) in [6.07, 6.45) is 0.862. The Bertz CT molecular complexity index is 738. The number of benzene rings is 1. The standard InChI is InChI=1S/C17H17N3OS2/c21-17(18-9-8-14-7-4-10-22-14)19-11-16-20-15(12-23-16)13-5-2-1-3-6-13/h1-7,10,12H,8-9,11H2,(H2,18,19,21). The zero-order valence-electron chi connectivity index (χ0n) is 12.5. The molecule has 0 saturated heterocycles. The van der Waals surface area contributed by atoms with Gasteiger partial charge < -0.3 is 10.6 Å². The summed E-state index contributed by atoms with van der Waals surface area (Å²) in [7, 11) is 0. The van der Waals surface area contributed by atoms with Crippen molar-refractivity contribution in [1.82, 2.24) is 15.6 Å². The molecular weight excluding hydrogens is 326 g/mol. The van der Waals surface area contributed by atoms with Crippen LogP contribution in [0.5, 0.6) is 0 Å². The summed E-state index contributed by atoms with van der Waals surface area (Å²) in [5.41, 5.74) is 2.04. The predicted molar refractivity (Wildman–Crippen MR) is 95.8 cm³/mol. The Hall–Kier alpha value is -2.18. The van der Waals surface area contributed by atoms with E-state index < -0.39 is 0 Å². The number of thiazole rings is 1. The van der Waals surface area contributed by atoms with Crippen molar-refractivity contribution < 1.29 is 4.79 Å². The summed E-state index contributed by atoms with van der Waals surface area (Å²) in [5, 5.41) is 10.7. The van der Waals surface area contributed by atoms with Crippen molar-refractivity contribution in [3.05, 3.63) is 63.1 Å². The molecule has 2 heterocycles. The van der Waals surface area contributed by atoms with Gasteiger partial charge in [-0.2, -0.15) is 0 Å². The maximum atomic E-state index is 11.8. The summed E-state index contributed by atoms with van der Waals surface area (Å²) in [6.45, 7) is 1.09. The summed E-state index contributed by atoms with van der Waals surface area (Å²) in [5.74, 6) is 0. The smallest absolute Gasteiger partial charge is 0.315 e. The molecule has 3 rings (SSSR count). The minimum atomic E-state index is -0.155. The molecule has 2 aromatic heterocycles. The number of carbonyl (C=O) groups is 1. The Balaban J connectivity index is 1.43. The number of nitrogens with one attached hydrogen (secondary N) is 2. The van der Waals surface area contributed by atoms with Gasteiger partial charge in [-0.1, -0.05) is 36.4 Å². The lowest BCUT2D eigenvalue weighted by atomic mass is 10.2. The second-order valence-corrected chi connectivity index (χ2v) is 6.91. The average molecular weight is 343 g/mol. The molecule has 0 bridgehead atoms. The van der Waals surface area contributed by atoms with E-state index in [-0.39, 0.29) is 6.03 Å². The molecule has 1 aromatic carbocycles. The highest BCUT2D eigenvalue weighted by atomic mass is 32.1. The van der Waals surface area contributed by atoms with Crippen LogP contribution in [0, 0.1) is 0 Å². The van der Waals surface area contributed by atoms with E-state index in [0.717, 1.165) is 22.7 Å². The lowest BCUT2D eigenvalue weighted by Crippen LogP contribution is -2.36. The van der Waals surface area contributed by atoms with Gasteiger partial charge in [0.15, 0.2) is 0 Å². The number of aromatic nitrogens is 1. The fourth-order valence-electron chi connectivity index (χ4n) is 2.11. The number of rotatable bonds is 6. The Labute approximate surface area is 143 Å². The van der Waals surface area contributed by atoms with E-state index in [1.54, 1.807) is 22.7 Å². The normalized spacial score (nSPS) is 10.4. The van der Waals surface area contributed by atoms with E-state index >= 15 is 0 Å². The Morgan fingerprint density at radius 2 is 1.91 bits per heavy atom. The van der Waals surface area contributed by atoms with Crippen LogP contribution >= 0.6 is 22.7 Å². The summed E-state index contributed by atoms with van der Waals surface area (Å²) >= 11 is 3.26. The van der Waals surface area contributed by atoms with Crippen LogP contribution in [-0.4, -0.2) is 17.6 Å². The quantitative estimate of drug-likeness (QED) is 0.713. The first kappa shape index (κ1) is 15.7. The molecule has 0 atom stereocenters. The fourth-order valence-corrected chi connectivity index (χ4v) is 3.56. The number of nitrogens with zero attached hydrogens (tertiary/aromatic N) is 1. The third-order valence-electron chi connectivity index (χ3n) is 3.26. The molecule has 0 aliphatic carbocycles. The van der Waals surface area contributed by atoms with Crippen LogP contribution in [0.25, 0.3) is 11.3 Å². The van der Waals surface area contributed by atoms with Crippen LogP contribution in [0.4, 0.5) is 4.79 Å². The molecular formula is C17H17N3OS2. The molecule has 2 amide bonds. The van der Waals surface area contributed by atoms with Crippen LogP contribution in [0.2, 0.25) is 0 Å². The molecule has 6 heteroatoms. The van der Waals surface area contributed by atoms with E-state index in [4.69, 9.17) is 0 Å². The lowest BCUT2D eigenvalue weighted by Gasteiger charge is -2.05. The highest BCUT2D eigenvalue weighted by Gasteiger charge is 2.06.